The standard InChI is InChI=1S/C31H29AsClF2O9PS/c1-40-28-15-14-24(17-26(28)31(36)42-3)23-11-8-21(9-12-23)18-32(46(38,39)30-7-5-4-6-29(30)41-2)19-22-10-13-25(27(33)16-22)20-45(37,43-34)44-35/h4-17H,18-20H2,1-3H3. The summed E-state index contributed by atoms with van der Waals surface area (Å²) in [5, 5.41) is 0.405. The van der Waals surface area contributed by atoms with Crippen LogP contribution in [0.3, 0.4) is 0 Å². The minimum atomic E-state index is -4.68. The first-order valence-electron chi connectivity index (χ1n) is 13.4. The van der Waals surface area contributed by atoms with E-state index in [2.05, 4.69) is 9.46 Å². The Kier molecular flexibility index (Phi) is 12.0. The van der Waals surface area contributed by atoms with Crippen molar-refractivity contribution >= 4 is 46.8 Å². The van der Waals surface area contributed by atoms with E-state index in [1.165, 1.54) is 39.5 Å². The predicted octanol–water partition coefficient (Wildman–Crippen LogP) is 7.64. The van der Waals surface area contributed by atoms with E-state index in [0.717, 1.165) is 16.7 Å². The van der Waals surface area contributed by atoms with E-state index >= 15 is 0 Å². The molecular formula is C31H29AsClF2O9PS. The average molecular weight is 757 g/mol. The van der Waals surface area contributed by atoms with Crippen LogP contribution in [0.25, 0.3) is 11.1 Å². The molecule has 0 fully saturated rings. The number of hydrogen-bond acceptors (Lipinski definition) is 9. The quantitative estimate of drug-likeness (QED) is 0.0728. The summed E-state index contributed by atoms with van der Waals surface area (Å²) in [5.74, 6) is 0.0518. The van der Waals surface area contributed by atoms with Gasteiger partial charge in [-0.25, -0.2) is 0 Å². The summed E-state index contributed by atoms with van der Waals surface area (Å²) in [5.41, 5.74) is 3.23. The van der Waals surface area contributed by atoms with E-state index in [0.29, 0.717) is 11.3 Å². The van der Waals surface area contributed by atoms with Gasteiger partial charge in [-0.3, -0.25) is 0 Å². The molecule has 0 bridgehead atoms. The van der Waals surface area contributed by atoms with E-state index in [4.69, 9.17) is 25.8 Å². The van der Waals surface area contributed by atoms with Gasteiger partial charge in [-0.05, 0) is 0 Å². The number of carbonyl (C=O) groups is 1. The molecule has 46 heavy (non-hydrogen) atoms. The van der Waals surface area contributed by atoms with Crippen LogP contribution < -0.4 is 9.47 Å². The third-order valence-corrected chi connectivity index (χ3v) is 19.9. The van der Waals surface area contributed by atoms with Gasteiger partial charge in [0.25, 0.3) is 0 Å². The van der Waals surface area contributed by atoms with Crippen LogP contribution in [0, 0.1) is 0 Å². The molecule has 0 aliphatic carbocycles. The monoisotopic (exact) mass is 756 g/mol. The Labute approximate surface area is 273 Å². The Balaban J connectivity index is 1.68. The van der Waals surface area contributed by atoms with Crippen molar-refractivity contribution in [3.63, 3.8) is 0 Å². The van der Waals surface area contributed by atoms with Gasteiger partial charge >= 0.3 is 275 Å². The Morgan fingerprint density at radius 3 is 2.02 bits per heavy atom. The van der Waals surface area contributed by atoms with Crippen LogP contribution in [0.15, 0.2) is 89.8 Å². The molecule has 9 nitrogen and oxygen atoms in total. The van der Waals surface area contributed by atoms with Gasteiger partial charge in [-0.15, -0.1) is 0 Å². The molecule has 0 saturated heterocycles. The molecule has 0 radical (unpaired) electrons. The van der Waals surface area contributed by atoms with Gasteiger partial charge in [0, 0.05) is 0 Å². The predicted molar refractivity (Wildman–Crippen MR) is 170 cm³/mol. The molecule has 4 aromatic rings. The summed E-state index contributed by atoms with van der Waals surface area (Å²) < 4.78 is 87.4. The zero-order valence-electron chi connectivity index (χ0n) is 24.8. The van der Waals surface area contributed by atoms with Crippen molar-refractivity contribution in [2.75, 3.05) is 21.3 Å². The molecular weight excluding hydrogens is 728 g/mol. The zero-order chi connectivity index (χ0) is 33.5. The fraction of sp³-hybridized carbons (Fsp3) is 0.194. The molecule has 1 atom stereocenters. The van der Waals surface area contributed by atoms with Crippen LogP contribution in [0.1, 0.15) is 27.0 Å². The average Bonchev–Trinajstić information content (AvgIpc) is 3.08. The molecule has 0 spiro atoms. The molecule has 0 aromatic heterocycles. The van der Waals surface area contributed by atoms with E-state index < -0.39 is 41.3 Å². The summed E-state index contributed by atoms with van der Waals surface area (Å²) >= 11 is 3.40. The van der Waals surface area contributed by atoms with Crippen LogP contribution in [-0.2, 0) is 43.4 Å². The number of rotatable bonds is 14. The minimum absolute atomic E-state index is 0.0191. The molecule has 0 aliphatic rings. The van der Waals surface area contributed by atoms with Crippen molar-refractivity contribution in [2.45, 2.75) is 21.5 Å². The molecule has 4 rings (SSSR count). The van der Waals surface area contributed by atoms with Crippen molar-refractivity contribution in [1.29, 1.82) is 0 Å². The van der Waals surface area contributed by atoms with Crippen molar-refractivity contribution < 1.29 is 50.5 Å². The van der Waals surface area contributed by atoms with Gasteiger partial charge < -0.3 is 0 Å². The Morgan fingerprint density at radius 2 is 1.41 bits per heavy atom. The van der Waals surface area contributed by atoms with Gasteiger partial charge in [0.15, 0.2) is 0 Å². The van der Waals surface area contributed by atoms with Crippen LogP contribution in [0.4, 0.5) is 9.05 Å². The molecule has 0 N–H and O–H groups in total. The molecule has 4 aromatic carbocycles. The molecule has 15 heteroatoms. The first kappa shape index (κ1) is 35.6. The van der Waals surface area contributed by atoms with Crippen LogP contribution in [0.2, 0.25) is 5.02 Å². The number of hydrogen-bond donors (Lipinski definition) is 0. The molecule has 0 aliphatic heterocycles. The fourth-order valence-electron chi connectivity index (χ4n) is 4.65. The Morgan fingerprint density at radius 1 is 0.804 bits per heavy atom. The number of halogens is 3. The first-order valence-corrected chi connectivity index (χ1v) is 21.9. The third-order valence-electron chi connectivity index (χ3n) is 6.99. The maximum absolute atomic E-state index is 14.2. The van der Waals surface area contributed by atoms with E-state index in [1.807, 2.05) is 24.3 Å². The van der Waals surface area contributed by atoms with Crippen molar-refractivity contribution in [3.8, 4) is 22.6 Å². The number of methoxy groups -OCH3 is 3. The van der Waals surface area contributed by atoms with E-state index in [-0.39, 0.29) is 37.2 Å². The van der Waals surface area contributed by atoms with Gasteiger partial charge in [0.05, 0.1) is 0 Å². The number of ether oxygens (including phenoxy) is 3. The normalized spacial score (nSPS) is 12.4. The second-order valence-electron chi connectivity index (χ2n) is 9.86. The van der Waals surface area contributed by atoms with Crippen molar-refractivity contribution in [1.82, 2.24) is 0 Å². The van der Waals surface area contributed by atoms with Crippen LogP contribution in [0.5, 0.6) is 11.5 Å². The molecule has 0 heterocycles. The van der Waals surface area contributed by atoms with Crippen molar-refractivity contribution in [2.24, 2.45) is 0 Å². The number of benzene rings is 4. The fourth-order valence-corrected chi connectivity index (χ4v) is 16.3. The van der Waals surface area contributed by atoms with Crippen LogP contribution >= 0.6 is 19.2 Å². The Hall–Kier alpha value is -3.24. The second kappa shape index (κ2) is 15.6. The first-order chi connectivity index (χ1) is 22.0. The van der Waals surface area contributed by atoms with E-state index in [9.17, 15) is 26.8 Å². The number of para-hydroxylation sites is 1. The summed E-state index contributed by atoms with van der Waals surface area (Å²) in [7, 11) is -4.40. The Bertz CT molecular complexity index is 1850. The van der Waals surface area contributed by atoms with Gasteiger partial charge in [-0.2, -0.15) is 0 Å². The molecule has 0 saturated carbocycles. The zero-order valence-corrected chi connectivity index (χ0v) is 29.2. The third kappa shape index (κ3) is 8.18. The maximum atomic E-state index is 14.2. The molecule has 1 unspecified atom stereocenters. The second-order valence-corrected chi connectivity index (χ2v) is 22.5. The summed E-state index contributed by atoms with van der Waals surface area (Å²) in [4.78, 5) is 12.3. The topological polar surface area (TPSA) is 114 Å². The van der Waals surface area contributed by atoms with Gasteiger partial charge in [0.2, 0.25) is 0 Å². The van der Waals surface area contributed by atoms with Crippen LogP contribution in [-0.4, -0.2) is 49.2 Å². The van der Waals surface area contributed by atoms with Gasteiger partial charge in [0.1, 0.15) is 0 Å². The number of esters is 1. The van der Waals surface area contributed by atoms with E-state index in [1.54, 1.807) is 42.5 Å². The molecule has 0 amide bonds. The summed E-state index contributed by atoms with van der Waals surface area (Å²) in [6, 6.07) is 23.3. The SMILES string of the molecule is COC(=O)c1cc(-c2ccc(C[As](Cc3ccc(CP(=O)(OF)OF)c(Cl)c3)S(=O)(=O)c3ccccc3OC)cc2)ccc1OC. The molecule has 244 valence electrons. The van der Waals surface area contributed by atoms with Gasteiger partial charge in [-0.1, -0.05) is 0 Å². The summed E-state index contributed by atoms with van der Waals surface area (Å²) in [6.07, 6.45) is -0.762. The number of carbonyl (C=O) groups excluding carboxylic acids is 1. The summed E-state index contributed by atoms with van der Waals surface area (Å²) in [6.45, 7) is 0. The van der Waals surface area contributed by atoms with Crippen molar-refractivity contribution in [3.05, 3.63) is 112 Å².